The third-order valence-electron chi connectivity index (χ3n) is 5.30. The Bertz CT molecular complexity index is 1470. The van der Waals surface area contributed by atoms with Gasteiger partial charge in [-0.1, -0.05) is 45.1 Å². The third kappa shape index (κ3) is 7.45. The molecule has 11 heteroatoms. The summed E-state index contributed by atoms with van der Waals surface area (Å²) in [4.78, 5) is 14.8. The highest BCUT2D eigenvalue weighted by Gasteiger charge is 2.35. The Morgan fingerprint density at radius 2 is 1.68 bits per heavy atom. The fraction of sp³-hybridized carbons (Fsp3) is 0.269. The van der Waals surface area contributed by atoms with Gasteiger partial charge in [-0.3, -0.25) is 9.52 Å². The van der Waals surface area contributed by atoms with Crippen LogP contribution in [0.4, 0.5) is 23.2 Å². The standard InChI is InChI=1S/C26H26F4N2O4S/c1-25(2,3)22-12-18(21-13-19(27)14-31-24(21)33)11-17(23(22)36-4)8-5-16-6-9-20(10-7-16)32-37(34,35)15-26(28,29)30/h5-14,32H,15H2,1-4H3,(H,31,33). The minimum atomic E-state index is -4.86. The van der Waals surface area contributed by atoms with Crippen LogP contribution in [0.5, 0.6) is 5.75 Å². The molecular weight excluding hydrogens is 512 g/mol. The Labute approximate surface area is 212 Å². The highest BCUT2D eigenvalue weighted by molar-refractivity contribution is 7.92. The maximum atomic E-state index is 13.9. The lowest BCUT2D eigenvalue weighted by molar-refractivity contribution is -0.106. The first-order valence-electron chi connectivity index (χ1n) is 11.0. The van der Waals surface area contributed by atoms with Crippen LogP contribution in [0.15, 0.2) is 53.5 Å². The Hall–Kier alpha value is -3.60. The largest absolute Gasteiger partial charge is 0.496 e. The topological polar surface area (TPSA) is 88.3 Å². The maximum absolute atomic E-state index is 13.9. The molecule has 0 spiro atoms. The number of halogens is 4. The van der Waals surface area contributed by atoms with Crippen LogP contribution in [0.25, 0.3) is 23.3 Å². The van der Waals surface area contributed by atoms with E-state index in [-0.39, 0.29) is 16.7 Å². The number of aromatic amines is 1. The van der Waals surface area contributed by atoms with Gasteiger partial charge in [0.05, 0.1) is 7.11 Å². The molecule has 2 N–H and O–H groups in total. The molecule has 2 aromatic carbocycles. The molecular formula is C26H26F4N2O4S. The normalized spacial score (nSPS) is 12.6. The van der Waals surface area contributed by atoms with Crippen molar-refractivity contribution in [3.8, 4) is 16.9 Å². The van der Waals surface area contributed by atoms with Gasteiger partial charge in [-0.05, 0) is 46.9 Å². The number of H-pyrrole nitrogens is 1. The van der Waals surface area contributed by atoms with Gasteiger partial charge in [0.1, 0.15) is 11.6 Å². The van der Waals surface area contributed by atoms with Crippen molar-refractivity contribution in [3.63, 3.8) is 0 Å². The number of hydrogen-bond acceptors (Lipinski definition) is 4. The summed E-state index contributed by atoms with van der Waals surface area (Å²) in [5.74, 6) is -2.02. The van der Waals surface area contributed by atoms with Crippen LogP contribution >= 0.6 is 0 Å². The number of aromatic nitrogens is 1. The molecule has 3 rings (SSSR count). The van der Waals surface area contributed by atoms with Gasteiger partial charge < -0.3 is 9.72 Å². The molecule has 6 nitrogen and oxygen atoms in total. The Kier molecular flexibility index (Phi) is 7.87. The van der Waals surface area contributed by atoms with Gasteiger partial charge in [0.25, 0.3) is 5.56 Å². The molecule has 0 bridgehead atoms. The molecule has 0 aliphatic rings. The van der Waals surface area contributed by atoms with Crippen LogP contribution in [0.3, 0.4) is 0 Å². The highest BCUT2D eigenvalue weighted by atomic mass is 32.2. The van der Waals surface area contributed by atoms with E-state index in [1.807, 2.05) is 25.5 Å². The Morgan fingerprint density at radius 1 is 1.03 bits per heavy atom. The predicted molar refractivity (Wildman–Crippen MR) is 137 cm³/mol. The fourth-order valence-electron chi connectivity index (χ4n) is 3.67. The molecule has 0 saturated heterocycles. The van der Waals surface area contributed by atoms with Crippen LogP contribution in [0.2, 0.25) is 0 Å². The van der Waals surface area contributed by atoms with E-state index in [2.05, 4.69) is 4.98 Å². The summed E-state index contributed by atoms with van der Waals surface area (Å²) < 4.78 is 82.2. The monoisotopic (exact) mass is 538 g/mol. The van der Waals surface area contributed by atoms with Gasteiger partial charge in [0.15, 0.2) is 5.75 Å². The van der Waals surface area contributed by atoms with E-state index < -0.39 is 33.3 Å². The van der Waals surface area contributed by atoms with Gasteiger partial charge in [0.2, 0.25) is 10.0 Å². The Morgan fingerprint density at radius 3 is 2.24 bits per heavy atom. The minimum absolute atomic E-state index is 0.0127. The summed E-state index contributed by atoms with van der Waals surface area (Å²) in [6.45, 7) is 5.91. The quantitative estimate of drug-likeness (QED) is 0.287. The summed E-state index contributed by atoms with van der Waals surface area (Å²) >= 11 is 0. The van der Waals surface area contributed by atoms with Crippen molar-refractivity contribution < 1.29 is 30.7 Å². The van der Waals surface area contributed by atoms with Crippen LogP contribution in [0.1, 0.15) is 37.5 Å². The molecule has 3 aromatic rings. The maximum Gasteiger partial charge on any atom is 0.404 e. The predicted octanol–water partition coefficient (Wildman–Crippen LogP) is 5.96. The summed E-state index contributed by atoms with van der Waals surface area (Å²) in [6, 6.07) is 10.4. The third-order valence-corrected chi connectivity index (χ3v) is 6.56. The van der Waals surface area contributed by atoms with Gasteiger partial charge in [-0.15, -0.1) is 0 Å². The van der Waals surface area contributed by atoms with Crippen molar-refractivity contribution in [1.82, 2.24) is 4.98 Å². The molecule has 0 atom stereocenters. The second-order valence-electron chi connectivity index (χ2n) is 9.39. The van der Waals surface area contributed by atoms with Crippen molar-refractivity contribution >= 4 is 27.9 Å². The molecule has 0 aliphatic heterocycles. The summed E-state index contributed by atoms with van der Waals surface area (Å²) in [7, 11) is -3.08. The van der Waals surface area contributed by atoms with Crippen molar-refractivity contribution in [1.29, 1.82) is 0 Å². The average Bonchev–Trinajstić information content (AvgIpc) is 2.77. The molecule has 1 aromatic heterocycles. The Balaban J connectivity index is 1.99. The number of methoxy groups -OCH3 is 1. The molecule has 0 amide bonds. The first-order chi connectivity index (χ1) is 17.1. The number of hydrogen-bond donors (Lipinski definition) is 2. The minimum Gasteiger partial charge on any atom is -0.496 e. The molecule has 1 heterocycles. The van der Waals surface area contributed by atoms with Gasteiger partial charge in [0, 0.05) is 28.6 Å². The van der Waals surface area contributed by atoms with Crippen LogP contribution in [0, 0.1) is 5.82 Å². The number of rotatable bonds is 7. The summed E-state index contributed by atoms with van der Waals surface area (Å²) in [6.07, 6.45) is -0.468. The molecule has 0 radical (unpaired) electrons. The van der Waals surface area contributed by atoms with Gasteiger partial charge in [-0.25, -0.2) is 12.8 Å². The number of sulfonamides is 1. The van der Waals surface area contributed by atoms with E-state index in [4.69, 9.17) is 4.74 Å². The molecule has 37 heavy (non-hydrogen) atoms. The van der Waals surface area contributed by atoms with Crippen LogP contribution < -0.4 is 15.0 Å². The second-order valence-corrected chi connectivity index (χ2v) is 11.1. The lowest BCUT2D eigenvalue weighted by atomic mass is 9.83. The van der Waals surface area contributed by atoms with E-state index in [1.165, 1.54) is 31.4 Å². The van der Waals surface area contributed by atoms with E-state index in [0.717, 1.165) is 17.8 Å². The second kappa shape index (κ2) is 10.4. The van der Waals surface area contributed by atoms with E-state index in [0.29, 0.717) is 22.4 Å². The fourth-order valence-corrected chi connectivity index (χ4v) is 4.66. The zero-order chi connectivity index (χ0) is 27.6. The average molecular weight is 539 g/mol. The highest BCUT2D eigenvalue weighted by Crippen LogP contribution is 2.38. The van der Waals surface area contributed by atoms with Crippen molar-refractivity contribution in [2.75, 3.05) is 17.6 Å². The van der Waals surface area contributed by atoms with Crippen LogP contribution in [-0.4, -0.2) is 32.4 Å². The zero-order valence-electron chi connectivity index (χ0n) is 20.5. The lowest BCUT2D eigenvalue weighted by Gasteiger charge is -2.24. The molecule has 0 unspecified atom stereocenters. The molecule has 198 valence electrons. The van der Waals surface area contributed by atoms with E-state index >= 15 is 0 Å². The van der Waals surface area contributed by atoms with Crippen molar-refractivity contribution in [2.45, 2.75) is 32.4 Å². The van der Waals surface area contributed by atoms with Gasteiger partial charge in [-0.2, -0.15) is 13.2 Å². The zero-order valence-corrected chi connectivity index (χ0v) is 21.4. The number of anilines is 1. The molecule has 0 aliphatic carbocycles. The van der Waals surface area contributed by atoms with Crippen molar-refractivity contribution in [3.05, 3.63) is 81.5 Å². The molecule has 0 fully saturated rings. The lowest BCUT2D eigenvalue weighted by Crippen LogP contribution is -2.27. The smallest absolute Gasteiger partial charge is 0.404 e. The summed E-state index contributed by atoms with van der Waals surface area (Å²) in [5, 5.41) is 0. The first-order valence-corrected chi connectivity index (χ1v) is 12.7. The number of benzene rings is 2. The van der Waals surface area contributed by atoms with Crippen molar-refractivity contribution in [2.24, 2.45) is 0 Å². The SMILES string of the molecule is COc1c(C=Cc2ccc(NS(=O)(=O)CC(F)(F)F)cc2)cc(-c2cc(F)c[nH]c2=O)cc1C(C)(C)C. The number of pyridine rings is 1. The van der Waals surface area contributed by atoms with Gasteiger partial charge >= 0.3 is 6.18 Å². The first kappa shape index (κ1) is 28.0. The van der Waals surface area contributed by atoms with E-state index in [1.54, 1.807) is 24.3 Å². The number of alkyl halides is 3. The van der Waals surface area contributed by atoms with Crippen LogP contribution in [-0.2, 0) is 15.4 Å². The molecule has 0 saturated carbocycles. The number of nitrogens with one attached hydrogen (secondary N) is 2. The summed E-state index contributed by atoms with van der Waals surface area (Å²) in [5.41, 5.74) is 1.78. The van der Waals surface area contributed by atoms with E-state index in [9.17, 15) is 30.8 Å². The number of ether oxygens (including phenoxy) is 1.